The highest BCUT2D eigenvalue weighted by atomic mass is 16.6. The number of rotatable bonds is 4. The average molecular weight is 434 g/mol. The quantitative estimate of drug-likeness (QED) is 0.637. The summed E-state index contributed by atoms with van der Waals surface area (Å²) in [5.74, 6) is 0.216. The maximum Gasteiger partial charge on any atom is 0.410 e. The molecule has 0 saturated carbocycles. The molecular formula is C24H27N5O3. The summed E-state index contributed by atoms with van der Waals surface area (Å²) in [7, 11) is 0. The molecule has 2 N–H and O–H groups in total. The Balaban J connectivity index is 1.51. The molecule has 32 heavy (non-hydrogen) atoms. The van der Waals surface area contributed by atoms with Crippen molar-refractivity contribution in [1.82, 2.24) is 14.9 Å². The molecule has 8 heteroatoms. The molecule has 1 saturated heterocycles. The number of anilines is 2. The molecule has 8 nitrogen and oxygen atoms in total. The first-order valence-corrected chi connectivity index (χ1v) is 10.6. The summed E-state index contributed by atoms with van der Waals surface area (Å²) < 4.78 is 5.48. The molecule has 1 aromatic carbocycles. The Labute approximate surface area is 187 Å². The molecule has 4 rings (SSSR count). The van der Waals surface area contributed by atoms with Crippen LogP contribution < -0.4 is 10.6 Å². The highest BCUT2D eigenvalue weighted by molar-refractivity contribution is 6.13. The summed E-state index contributed by atoms with van der Waals surface area (Å²) in [6.07, 6.45) is 3.81. The molecule has 1 fully saturated rings. The van der Waals surface area contributed by atoms with Crippen LogP contribution in [0.4, 0.5) is 16.3 Å². The van der Waals surface area contributed by atoms with Crippen LogP contribution in [0.5, 0.6) is 0 Å². The Morgan fingerprint density at radius 1 is 1.06 bits per heavy atom. The van der Waals surface area contributed by atoms with Gasteiger partial charge in [0.05, 0.1) is 11.1 Å². The number of fused-ring (bicyclic) bond motifs is 1. The highest BCUT2D eigenvalue weighted by Gasteiger charge is 2.30. The first kappa shape index (κ1) is 21.5. The smallest absolute Gasteiger partial charge is 0.410 e. The monoisotopic (exact) mass is 433 g/mol. The van der Waals surface area contributed by atoms with Gasteiger partial charge in [-0.05, 0) is 63.6 Å². The molecule has 0 spiro atoms. The van der Waals surface area contributed by atoms with E-state index >= 15 is 0 Å². The summed E-state index contributed by atoms with van der Waals surface area (Å²) in [5, 5.41) is 7.17. The van der Waals surface area contributed by atoms with Crippen molar-refractivity contribution in [1.29, 1.82) is 0 Å². The fourth-order valence-corrected chi connectivity index (χ4v) is 3.69. The Bertz CT molecular complexity index is 1130. The van der Waals surface area contributed by atoms with E-state index in [0.717, 1.165) is 17.5 Å². The number of aromatic nitrogens is 2. The number of nitrogens with one attached hydrogen (secondary N) is 2. The Kier molecular flexibility index (Phi) is 5.94. The van der Waals surface area contributed by atoms with Crippen LogP contribution in [-0.2, 0) is 4.74 Å². The predicted octanol–water partition coefficient (Wildman–Crippen LogP) is 4.30. The summed E-state index contributed by atoms with van der Waals surface area (Å²) in [6.45, 7) is 6.77. The summed E-state index contributed by atoms with van der Waals surface area (Å²) in [4.78, 5) is 35.5. The number of pyridine rings is 2. The van der Waals surface area contributed by atoms with Gasteiger partial charge in [-0.1, -0.05) is 6.07 Å². The molecule has 0 bridgehead atoms. The third-order valence-electron chi connectivity index (χ3n) is 5.12. The molecule has 2 amide bonds. The lowest BCUT2D eigenvalue weighted by atomic mass is 10.1. The van der Waals surface area contributed by atoms with Gasteiger partial charge in [0.1, 0.15) is 11.4 Å². The molecule has 0 radical (unpaired) electrons. The van der Waals surface area contributed by atoms with E-state index in [-0.39, 0.29) is 18.0 Å². The SMILES string of the molecule is CC(C)(C)OC(=O)N1CCC(Nc2ccc(C(=O)Nc3ccccn3)c3ncccc23)C1. The molecule has 3 heterocycles. The maximum atomic E-state index is 12.8. The van der Waals surface area contributed by atoms with Crippen molar-refractivity contribution in [3.8, 4) is 0 Å². The van der Waals surface area contributed by atoms with E-state index in [1.807, 2.05) is 45.0 Å². The van der Waals surface area contributed by atoms with Crippen molar-refractivity contribution >= 4 is 34.4 Å². The van der Waals surface area contributed by atoms with Gasteiger partial charge < -0.3 is 20.3 Å². The van der Waals surface area contributed by atoms with E-state index in [4.69, 9.17) is 4.74 Å². The Morgan fingerprint density at radius 3 is 2.62 bits per heavy atom. The van der Waals surface area contributed by atoms with Crippen LogP contribution >= 0.6 is 0 Å². The zero-order valence-electron chi connectivity index (χ0n) is 18.5. The standard InChI is InChI=1S/C24H27N5O3/c1-24(2,3)32-23(31)29-14-11-16(15-29)27-19-10-9-18(21-17(19)7-6-13-26-21)22(30)28-20-8-4-5-12-25-20/h4-10,12-13,16,27H,11,14-15H2,1-3H3,(H,25,28,30). The van der Waals surface area contributed by atoms with Gasteiger partial charge in [0, 0.05) is 42.6 Å². The predicted molar refractivity (Wildman–Crippen MR) is 124 cm³/mol. The molecule has 0 aliphatic carbocycles. The average Bonchev–Trinajstić information content (AvgIpc) is 3.22. The van der Waals surface area contributed by atoms with Crippen molar-refractivity contribution in [3.63, 3.8) is 0 Å². The number of hydrogen-bond acceptors (Lipinski definition) is 6. The third-order valence-corrected chi connectivity index (χ3v) is 5.12. The van der Waals surface area contributed by atoms with E-state index in [1.54, 1.807) is 35.5 Å². The molecule has 3 aromatic rings. The molecular weight excluding hydrogens is 406 g/mol. The third kappa shape index (κ3) is 4.96. The Morgan fingerprint density at radius 2 is 1.88 bits per heavy atom. The number of ether oxygens (including phenoxy) is 1. The van der Waals surface area contributed by atoms with E-state index < -0.39 is 5.60 Å². The van der Waals surface area contributed by atoms with Gasteiger partial charge in [-0.15, -0.1) is 0 Å². The van der Waals surface area contributed by atoms with Crippen LogP contribution in [0.25, 0.3) is 10.9 Å². The van der Waals surface area contributed by atoms with Gasteiger partial charge >= 0.3 is 6.09 Å². The molecule has 166 valence electrons. The van der Waals surface area contributed by atoms with E-state index in [0.29, 0.717) is 30.0 Å². The van der Waals surface area contributed by atoms with Crippen molar-refractivity contribution in [2.24, 2.45) is 0 Å². The van der Waals surface area contributed by atoms with Crippen molar-refractivity contribution in [2.45, 2.75) is 38.8 Å². The van der Waals surface area contributed by atoms with Crippen LogP contribution in [0, 0.1) is 0 Å². The number of amides is 2. The maximum absolute atomic E-state index is 12.8. The molecule has 1 unspecified atom stereocenters. The van der Waals surface area contributed by atoms with E-state index in [9.17, 15) is 9.59 Å². The summed E-state index contributed by atoms with van der Waals surface area (Å²) in [5.41, 5.74) is 1.43. The number of benzene rings is 1. The normalized spacial score (nSPS) is 16.1. The number of nitrogens with zero attached hydrogens (tertiary/aromatic N) is 3. The van der Waals surface area contributed by atoms with Crippen molar-refractivity contribution in [2.75, 3.05) is 23.7 Å². The fourth-order valence-electron chi connectivity index (χ4n) is 3.69. The van der Waals surface area contributed by atoms with Crippen LogP contribution in [0.15, 0.2) is 54.9 Å². The van der Waals surface area contributed by atoms with Gasteiger partial charge in [0.15, 0.2) is 0 Å². The second kappa shape index (κ2) is 8.82. The lowest BCUT2D eigenvalue weighted by Gasteiger charge is -2.24. The molecule has 2 aromatic heterocycles. The van der Waals surface area contributed by atoms with Gasteiger partial charge in [0.25, 0.3) is 5.91 Å². The number of carbonyl (C=O) groups excluding carboxylic acids is 2. The van der Waals surface area contributed by atoms with E-state index in [2.05, 4.69) is 20.6 Å². The van der Waals surface area contributed by atoms with Crippen LogP contribution in [0.2, 0.25) is 0 Å². The van der Waals surface area contributed by atoms with Gasteiger partial charge in [-0.3, -0.25) is 9.78 Å². The van der Waals surface area contributed by atoms with Crippen molar-refractivity contribution < 1.29 is 14.3 Å². The first-order chi connectivity index (χ1) is 15.3. The first-order valence-electron chi connectivity index (χ1n) is 10.6. The van der Waals surface area contributed by atoms with Gasteiger partial charge in [0.2, 0.25) is 0 Å². The summed E-state index contributed by atoms with van der Waals surface area (Å²) >= 11 is 0. The highest BCUT2D eigenvalue weighted by Crippen LogP contribution is 2.28. The second-order valence-electron chi connectivity index (χ2n) is 8.79. The van der Waals surface area contributed by atoms with E-state index in [1.165, 1.54) is 0 Å². The van der Waals surface area contributed by atoms with Gasteiger partial charge in [-0.2, -0.15) is 0 Å². The number of hydrogen-bond donors (Lipinski definition) is 2. The number of likely N-dealkylation sites (tertiary alicyclic amines) is 1. The minimum Gasteiger partial charge on any atom is -0.444 e. The fraction of sp³-hybridized carbons (Fsp3) is 0.333. The largest absolute Gasteiger partial charge is 0.444 e. The lowest BCUT2D eigenvalue weighted by molar-refractivity contribution is 0.0293. The molecule has 1 atom stereocenters. The number of carbonyl (C=O) groups is 2. The molecule has 1 aliphatic rings. The lowest BCUT2D eigenvalue weighted by Crippen LogP contribution is -2.36. The summed E-state index contributed by atoms with van der Waals surface area (Å²) in [6, 6.07) is 12.8. The minimum absolute atomic E-state index is 0.0825. The van der Waals surface area contributed by atoms with Crippen LogP contribution in [0.1, 0.15) is 37.6 Å². The Hall–Kier alpha value is -3.68. The molecule has 1 aliphatic heterocycles. The topological polar surface area (TPSA) is 96.5 Å². The van der Waals surface area contributed by atoms with Crippen LogP contribution in [0.3, 0.4) is 0 Å². The second-order valence-corrected chi connectivity index (χ2v) is 8.79. The van der Waals surface area contributed by atoms with Crippen molar-refractivity contribution in [3.05, 3.63) is 60.4 Å². The van der Waals surface area contributed by atoms with Gasteiger partial charge in [-0.25, -0.2) is 9.78 Å². The minimum atomic E-state index is -0.518. The van der Waals surface area contributed by atoms with Crippen LogP contribution in [-0.4, -0.2) is 51.6 Å². The zero-order chi connectivity index (χ0) is 22.7. The zero-order valence-corrected chi connectivity index (χ0v) is 18.5.